The molecule has 1 amide bonds. The maximum Gasteiger partial charge on any atom is 0.276 e. The number of nitrogens with one attached hydrogen (secondary N) is 2. The van der Waals surface area contributed by atoms with E-state index in [1.54, 1.807) is 18.3 Å². The van der Waals surface area contributed by atoms with Crippen molar-refractivity contribution in [2.24, 2.45) is 5.92 Å². The molecule has 8 nitrogen and oxygen atoms in total. The number of sulfonamides is 1. The van der Waals surface area contributed by atoms with Gasteiger partial charge >= 0.3 is 0 Å². The molecule has 170 valence electrons. The second-order valence-electron chi connectivity index (χ2n) is 8.36. The quantitative estimate of drug-likeness (QED) is 0.592. The number of furan rings is 1. The van der Waals surface area contributed by atoms with Gasteiger partial charge in [0, 0.05) is 31.7 Å². The largest absolute Gasteiger partial charge is 0.442 e. The molecule has 4 rings (SSSR count). The highest BCUT2D eigenvalue weighted by Gasteiger charge is 2.34. The molecular weight excluding hydrogens is 428 g/mol. The van der Waals surface area contributed by atoms with Gasteiger partial charge in [0.1, 0.15) is 5.69 Å². The van der Waals surface area contributed by atoms with Gasteiger partial charge in [-0.3, -0.25) is 9.89 Å². The molecule has 2 N–H and O–H groups in total. The second-order valence-corrected chi connectivity index (χ2v) is 10.2. The van der Waals surface area contributed by atoms with Crippen molar-refractivity contribution in [2.45, 2.75) is 45.2 Å². The maximum atomic E-state index is 13.0. The summed E-state index contributed by atoms with van der Waals surface area (Å²) < 4.78 is 32.9. The third-order valence-electron chi connectivity index (χ3n) is 6.05. The topological polar surface area (TPSA) is 108 Å². The Morgan fingerprint density at radius 3 is 2.47 bits per heavy atom. The van der Waals surface area contributed by atoms with Crippen LogP contribution in [-0.2, 0) is 21.4 Å². The van der Waals surface area contributed by atoms with Crippen molar-refractivity contribution in [3.8, 4) is 11.5 Å². The fraction of sp³-hybridized carbons (Fsp3) is 0.391. The number of H-pyrrole nitrogens is 1. The first kappa shape index (κ1) is 22.3. The number of aromatic nitrogens is 2. The predicted molar refractivity (Wildman–Crippen MR) is 120 cm³/mol. The van der Waals surface area contributed by atoms with Crippen LogP contribution in [0.4, 0.5) is 0 Å². The molecule has 32 heavy (non-hydrogen) atoms. The van der Waals surface area contributed by atoms with E-state index in [0.717, 1.165) is 16.7 Å². The lowest BCUT2D eigenvalue weighted by Crippen LogP contribution is -2.42. The normalized spacial score (nSPS) is 15.7. The Labute approximate surface area is 188 Å². The van der Waals surface area contributed by atoms with Gasteiger partial charge in [0.25, 0.3) is 10.0 Å². The average molecular weight is 457 g/mol. The third-order valence-corrected chi connectivity index (χ3v) is 7.82. The van der Waals surface area contributed by atoms with Crippen LogP contribution in [0.25, 0.3) is 11.5 Å². The molecule has 0 radical (unpaired) electrons. The maximum absolute atomic E-state index is 13.0. The van der Waals surface area contributed by atoms with Gasteiger partial charge < -0.3 is 9.73 Å². The standard InChI is InChI=1S/C23H28N4O4S/c1-15-12-16(2)19(17(3)13-15)14-24-23(28)18-7-10-27(11-8-18)32(29,30)22-5-4-21(31-22)20-6-9-25-26-20/h4-6,9,12-13,18H,7-8,10-11,14H2,1-3H3,(H,24,28)(H,25,26). The number of benzene rings is 1. The minimum Gasteiger partial charge on any atom is -0.442 e. The molecule has 1 saturated heterocycles. The van der Waals surface area contributed by atoms with Crippen molar-refractivity contribution in [1.29, 1.82) is 0 Å². The van der Waals surface area contributed by atoms with Crippen LogP contribution in [0, 0.1) is 26.7 Å². The molecular formula is C23H28N4O4S. The van der Waals surface area contributed by atoms with Crippen LogP contribution in [0.2, 0.25) is 0 Å². The molecule has 0 saturated carbocycles. The van der Waals surface area contributed by atoms with E-state index in [0.29, 0.717) is 30.8 Å². The first-order valence-electron chi connectivity index (χ1n) is 10.7. The van der Waals surface area contributed by atoms with E-state index in [1.807, 2.05) is 0 Å². The van der Waals surface area contributed by atoms with Crippen LogP contribution in [-0.4, -0.2) is 41.9 Å². The Kier molecular flexibility index (Phi) is 6.21. The van der Waals surface area contributed by atoms with Gasteiger partial charge in [0.05, 0.1) is 0 Å². The summed E-state index contributed by atoms with van der Waals surface area (Å²) in [5.41, 5.74) is 5.28. The van der Waals surface area contributed by atoms with Crippen LogP contribution in [0.15, 0.2) is 46.0 Å². The minimum absolute atomic E-state index is 0.0269. The van der Waals surface area contributed by atoms with Crippen LogP contribution in [0.5, 0.6) is 0 Å². The van der Waals surface area contributed by atoms with Gasteiger partial charge in [0.2, 0.25) is 11.0 Å². The van der Waals surface area contributed by atoms with E-state index in [4.69, 9.17) is 4.42 Å². The fourth-order valence-electron chi connectivity index (χ4n) is 4.29. The Balaban J connectivity index is 1.35. The van der Waals surface area contributed by atoms with E-state index in [1.165, 1.54) is 15.9 Å². The van der Waals surface area contributed by atoms with Crippen molar-refractivity contribution < 1.29 is 17.6 Å². The summed E-state index contributed by atoms with van der Waals surface area (Å²) >= 11 is 0. The smallest absolute Gasteiger partial charge is 0.276 e. The molecule has 3 aromatic rings. The highest BCUT2D eigenvalue weighted by atomic mass is 32.2. The molecule has 0 aliphatic carbocycles. The number of aromatic amines is 1. The Morgan fingerprint density at radius 1 is 1.16 bits per heavy atom. The molecule has 9 heteroatoms. The summed E-state index contributed by atoms with van der Waals surface area (Å²) in [7, 11) is -3.75. The van der Waals surface area contributed by atoms with Crippen molar-refractivity contribution in [1.82, 2.24) is 19.8 Å². The second kappa shape index (κ2) is 8.91. The SMILES string of the molecule is Cc1cc(C)c(CNC(=O)C2CCN(S(=O)(=O)c3ccc(-c4ccn[nH]4)o3)CC2)c(C)c1. The summed E-state index contributed by atoms with van der Waals surface area (Å²) in [6, 6.07) is 9.00. The summed E-state index contributed by atoms with van der Waals surface area (Å²) in [4.78, 5) is 12.7. The number of amides is 1. The van der Waals surface area contributed by atoms with Crippen LogP contribution < -0.4 is 5.32 Å². The first-order valence-corrected chi connectivity index (χ1v) is 12.1. The number of hydrogen-bond donors (Lipinski definition) is 2. The van der Waals surface area contributed by atoms with Crippen LogP contribution >= 0.6 is 0 Å². The molecule has 0 unspecified atom stereocenters. The summed E-state index contributed by atoms with van der Waals surface area (Å²) in [5, 5.41) is 9.54. The zero-order valence-corrected chi connectivity index (χ0v) is 19.3. The highest BCUT2D eigenvalue weighted by Crippen LogP contribution is 2.28. The number of aryl methyl sites for hydroxylation is 3. The van der Waals surface area contributed by atoms with E-state index >= 15 is 0 Å². The summed E-state index contributed by atoms with van der Waals surface area (Å²) in [6.45, 7) is 7.21. The molecule has 1 aliphatic heterocycles. The molecule has 1 aromatic carbocycles. The number of hydrogen-bond acceptors (Lipinski definition) is 5. The van der Waals surface area contributed by atoms with Gasteiger partial charge in [0.15, 0.2) is 5.76 Å². The monoisotopic (exact) mass is 456 g/mol. The third kappa shape index (κ3) is 4.49. The lowest BCUT2D eigenvalue weighted by Gasteiger charge is -2.30. The Morgan fingerprint density at radius 2 is 1.84 bits per heavy atom. The number of carbonyl (C=O) groups excluding carboxylic acids is 1. The number of nitrogens with zero attached hydrogens (tertiary/aromatic N) is 2. The van der Waals surface area contributed by atoms with Crippen molar-refractivity contribution in [2.75, 3.05) is 13.1 Å². The lowest BCUT2D eigenvalue weighted by molar-refractivity contribution is -0.126. The molecule has 0 spiro atoms. The molecule has 3 heterocycles. The molecule has 1 aliphatic rings. The lowest BCUT2D eigenvalue weighted by atomic mass is 9.96. The average Bonchev–Trinajstić information content (AvgIpc) is 3.45. The van der Waals surface area contributed by atoms with Crippen molar-refractivity contribution in [3.63, 3.8) is 0 Å². The van der Waals surface area contributed by atoms with Crippen LogP contribution in [0.1, 0.15) is 35.1 Å². The Bertz CT molecular complexity index is 1180. The fourth-order valence-corrected chi connectivity index (χ4v) is 5.67. The zero-order valence-electron chi connectivity index (χ0n) is 18.5. The van der Waals surface area contributed by atoms with Gasteiger partial charge in [-0.2, -0.15) is 9.40 Å². The summed E-state index contributed by atoms with van der Waals surface area (Å²) in [6.07, 6.45) is 2.53. The van der Waals surface area contributed by atoms with Gasteiger partial charge in [-0.05, 0) is 68.5 Å². The molecule has 0 bridgehead atoms. The highest BCUT2D eigenvalue weighted by molar-refractivity contribution is 7.89. The molecule has 2 aromatic heterocycles. The predicted octanol–water partition coefficient (Wildman–Crippen LogP) is 3.31. The van der Waals surface area contributed by atoms with Gasteiger partial charge in [-0.15, -0.1) is 0 Å². The summed E-state index contributed by atoms with van der Waals surface area (Å²) in [5.74, 6) is 0.183. The molecule has 0 atom stereocenters. The Hall–Kier alpha value is -2.91. The number of piperidine rings is 1. The zero-order chi connectivity index (χ0) is 22.9. The number of carbonyl (C=O) groups is 1. The van der Waals surface area contributed by atoms with E-state index in [-0.39, 0.29) is 30.0 Å². The van der Waals surface area contributed by atoms with Gasteiger partial charge in [-0.25, -0.2) is 8.42 Å². The van der Waals surface area contributed by atoms with E-state index in [9.17, 15) is 13.2 Å². The van der Waals surface area contributed by atoms with Crippen molar-refractivity contribution >= 4 is 15.9 Å². The number of rotatable bonds is 6. The van der Waals surface area contributed by atoms with Crippen LogP contribution in [0.3, 0.4) is 0 Å². The molecule has 1 fully saturated rings. The minimum atomic E-state index is -3.75. The van der Waals surface area contributed by atoms with Gasteiger partial charge in [-0.1, -0.05) is 17.7 Å². The van der Waals surface area contributed by atoms with E-state index < -0.39 is 10.0 Å². The van der Waals surface area contributed by atoms with Crippen molar-refractivity contribution in [3.05, 3.63) is 58.8 Å². The van der Waals surface area contributed by atoms with E-state index in [2.05, 4.69) is 48.4 Å². The first-order chi connectivity index (χ1) is 15.3.